The lowest BCUT2D eigenvalue weighted by Gasteiger charge is -2.30. The fourth-order valence-electron chi connectivity index (χ4n) is 3.34. The van der Waals surface area contributed by atoms with Crippen LogP contribution in [-0.2, 0) is 19.3 Å². The summed E-state index contributed by atoms with van der Waals surface area (Å²) in [4.78, 5) is 8.99. The molecule has 2 heterocycles. The van der Waals surface area contributed by atoms with Gasteiger partial charge in [-0.25, -0.2) is 0 Å². The molecule has 2 nitrogen and oxygen atoms in total. The van der Waals surface area contributed by atoms with E-state index in [4.69, 9.17) is 0 Å². The van der Waals surface area contributed by atoms with E-state index < -0.39 is 0 Å². The Kier molecular flexibility index (Phi) is 5.95. The van der Waals surface area contributed by atoms with Gasteiger partial charge in [0.2, 0.25) is 0 Å². The van der Waals surface area contributed by atoms with E-state index in [0.29, 0.717) is 0 Å². The molecular weight excluding hydrogens is 304 g/mol. The molecule has 0 aliphatic rings. The van der Waals surface area contributed by atoms with E-state index in [0.717, 1.165) is 32.1 Å². The molecule has 0 saturated heterocycles. The fraction of sp³-hybridized carbons (Fsp3) is 0.304. The first kappa shape index (κ1) is 17.3. The number of nitrogens with zero attached hydrogens (tertiary/aromatic N) is 2. The van der Waals surface area contributed by atoms with Gasteiger partial charge in [-0.2, -0.15) is 0 Å². The van der Waals surface area contributed by atoms with Gasteiger partial charge >= 0.3 is 0 Å². The molecule has 3 aromatic rings. The van der Waals surface area contributed by atoms with E-state index in [1.165, 1.54) is 17.0 Å². The quantitative estimate of drug-likeness (QED) is 0.561. The highest BCUT2D eigenvalue weighted by Gasteiger charge is 2.25. The lowest BCUT2D eigenvalue weighted by atomic mass is 9.75. The average Bonchev–Trinajstić information content (AvgIpc) is 2.68. The molecule has 0 radical (unpaired) electrons. The normalized spacial score (nSPS) is 11.4. The summed E-state index contributed by atoms with van der Waals surface area (Å²) in [5.41, 5.74) is 4.00. The van der Waals surface area contributed by atoms with Crippen LogP contribution in [0.3, 0.4) is 0 Å². The summed E-state index contributed by atoms with van der Waals surface area (Å²) in [5.74, 6) is 0. The standard InChI is InChI=1S/C23H26N2/c1-23(19-20-9-3-2-4-10-20,15-13-21-11-5-7-17-24-21)16-14-22-12-6-8-18-25-22/h2-12,17-18H,13-16,19H2,1H3. The summed E-state index contributed by atoms with van der Waals surface area (Å²) in [6.07, 6.45) is 9.17. The van der Waals surface area contributed by atoms with Crippen LogP contribution in [0.5, 0.6) is 0 Å². The summed E-state index contributed by atoms with van der Waals surface area (Å²) in [7, 11) is 0. The zero-order valence-electron chi connectivity index (χ0n) is 14.9. The maximum Gasteiger partial charge on any atom is 0.0403 e. The van der Waals surface area contributed by atoms with Gasteiger partial charge in [-0.05, 0) is 67.3 Å². The minimum absolute atomic E-state index is 0.233. The summed E-state index contributed by atoms with van der Waals surface area (Å²) in [6, 6.07) is 23.2. The number of hydrogen-bond donors (Lipinski definition) is 0. The Hall–Kier alpha value is -2.48. The number of benzene rings is 1. The molecule has 0 unspecified atom stereocenters. The minimum Gasteiger partial charge on any atom is -0.261 e. The van der Waals surface area contributed by atoms with Gasteiger partial charge in [0.25, 0.3) is 0 Å². The minimum atomic E-state index is 0.233. The summed E-state index contributed by atoms with van der Waals surface area (Å²) in [5, 5.41) is 0. The van der Waals surface area contributed by atoms with Crippen LogP contribution in [0.1, 0.15) is 36.7 Å². The van der Waals surface area contributed by atoms with Crippen LogP contribution < -0.4 is 0 Å². The molecule has 0 saturated carbocycles. The van der Waals surface area contributed by atoms with Crippen LogP contribution in [0.15, 0.2) is 79.1 Å². The van der Waals surface area contributed by atoms with Gasteiger partial charge in [-0.3, -0.25) is 9.97 Å². The van der Waals surface area contributed by atoms with E-state index in [-0.39, 0.29) is 5.41 Å². The van der Waals surface area contributed by atoms with E-state index in [1.807, 2.05) is 24.5 Å². The van der Waals surface area contributed by atoms with Crippen molar-refractivity contribution in [3.63, 3.8) is 0 Å². The largest absolute Gasteiger partial charge is 0.261 e. The first-order valence-electron chi connectivity index (χ1n) is 9.07. The maximum atomic E-state index is 4.49. The molecule has 0 amide bonds. The lowest BCUT2D eigenvalue weighted by molar-refractivity contribution is 0.268. The van der Waals surface area contributed by atoms with Gasteiger partial charge in [0, 0.05) is 23.8 Å². The van der Waals surface area contributed by atoms with Crippen LogP contribution in [0.2, 0.25) is 0 Å². The van der Waals surface area contributed by atoms with Crippen molar-refractivity contribution in [2.24, 2.45) is 5.41 Å². The molecular formula is C23H26N2. The third kappa shape index (κ3) is 5.53. The van der Waals surface area contributed by atoms with Crippen LogP contribution in [-0.4, -0.2) is 9.97 Å². The van der Waals surface area contributed by atoms with Gasteiger partial charge in [0.15, 0.2) is 0 Å². The van der Waals surface area contributed by atoms with Gasteiger partial charge in [-0.15, -0.1) is 0 Å². The Balaban J connectivity index is 1.70. The van der Waals surface area contributed by atoms with E-state index in [1.54, 1.807) is 0 Å². The highest BCUT2D eigenvalue weighted by Crippen LogP contribution is 2.33. The van der Waals surface area contributed by atoms with Crippen LogP contribution >= 0.6 is 0 Å². The second-order valence-electron chi connectivity index (χ2n) is 7.12. The van der Waals surface area contributed by atoms with Crippen LogP contribution in [0.25, 0.3) is 0 Å². The lowest BCUT2D eigenvalue weighted by Crippen LogP contribution is -2.22. The van der Waals surface area contributed by atoms with Crippen molar-refractivity contribution in [1.82, 2.24) is 9.97 Å². The number of aromatic nitrogens is 2. The number of rotatable bonds is 8. The van der Waals surface area contributed by atoms with Crippen molar-refractivity contribution in [3.8, 4) is 0 Å². The molecule has 2 aromatic heterocycles. The second-order valence-corrected chi connectivity index (χ2v) is 7.12. The number of aryl methyl sites for hydroxylation is 2. The Morgan fingerprint density at radius 1 is 0.680 bits per heavy atom. The molecule has 2 heteroatoms. The maximum absolute atomic E-state index is 4.49. The Bertz CT molecular complexity index is 695. The predicted octanol–water partition coefficient (Wildman–Crippen LogP) is 5.29. The van der Waals surface area contributed by atoms with Gasteiger partial charge < -0.3 is 0 Å². The van der Waals surface area contributed by atoms with E-state index in [2.05, 4.69) is 71.5 Å². The average molecular weight is 330 g/mol. The van der Waals surface area contributed by atoms with Crippen molar-refractivity contribution in [3.05, 3.63) is 96.1 Å². The van der Waals surface area contributed by atoms with Crippen molar-refractivity contribution in [2.45, 2.75) is 39.0 Å². The van der Waals surface area contributed by atoms with Crippen molar-refractivity contribution >= 4 is 0 Å². The second kappa shape index (κ2) is 8.57. The molecule has 0 fully saturated rings. The third-order valence-electron chi connectivity index (χ3n) is 4.90. The highest BCUT2D eigenvalue weighted by molar-refractivity contribution is 5.17. The molecule has 0 bridgehead atoms. The molecule has 128 valence electrons. The molecule has 0 N–H and O–H groups in total. The van der Waals surface area contributed by atoms with Gasteiger partial charge in [0.05, 0.1) is 0 Å². The molecule has 0 aliphatic carbocycles. The van der Waals surface area contributed by atoms with E-state index >= 15 is 0 Å². The number of pyridine rings is 2. The monoisotopic (exact) mass is 330 g/mol. The van der Waals surface area contributed by atoms with Crippen molar-refractivity contribution < 1.29 is 0 Å². The zero-order chi connectivity index (χ0) is 17.4. The van der Waals surface area contributed by atoms with Gasteiger partial charge in [-0.1, -0.05) is 49.4 Å². The molecule has 1 aromatic carbocycles. The summed E-state index contributed by atoms with van der Waals surface area (Å²) >= 11 is 0. The Morgan fingerprint density at radius 3 is 1.68 bits per heavy atom. The van der Waals surface area contributed by atoms with Gasteiger partial charge in [0.1, 0.15) is 0 Å². The Morgan fingerprint density at radius 2 is 1.20 bits per heavy atom. The summed E-state index contributed by atoms with van der Waals surface area (Å²) in [6.45, 7) is 2.41. The zero-order valence-corrected chi connectivity index (χ0v) is 14.9. The molecule has 0 atom stereocenters. The molecule has 25 heavy (non-hydrogen) atoms. The predicted molar refractivity (Wildman–Crippen MR) is 103 cm³/mol. The first-order chi connectivity index (χ1) is 12.2. The summed E-state index contributed by atoms with van der Waals surface area (Å²) < 4.78 is 0. The Labute approximate surface area is 151 Å². The molecule has 0 aliphatic heterocycles. The van der Waals surface area contributed by atoms with Crippen LogP contribution in [0, 0.1) is 5.41 Å². The third-order valence-corrected chi connectivity index (χ3v) is 4.90. The fourth-order valence-corrected chi connectivity index (χ4v) is 3.34. The van der Waals surface area contributed by atoms with Crippen LogP contribution in [0.4, 0.5) is 0 Å². The molecule has 0 spiro atoms. The topological polar surface area (TPSA) is 25.8 Å². The smallest absolute Gasteiger partial charge is 0.0403 e. The van der Waals surface area contributed by atoms with Crippen molar-refractivity contribution in [1.29, 1.82) is 0 Å². The molecule has 3 rings (SSSR count). The SMILES string of the molecule is CC(CCc1ccccn1)(CCc1ccccn1)Cc1ccccc1. The highest BCUT2D eigenvalue weighted by atomic mass is 14.7. The van der Waals surface area contributed by atoms with E-state index in [9.17, 15) is 0 Å². The first-order valence-corrected chi connectivity index (χ1v) is 9.07. The van der Waals surface area contributed by atoms with Crippen molar-refractivity contribution in [2.75, 3.05) is 0 Å². The number of hydrogen-bond acceptors (Lipinski definition) is 2.